The van der Waals surface area contributed by atoms with E-state index in [9.17, 15) is 18.0 Å². The van der Waals surface area contributed by atoms with Gasteiger partial charge in [-0.05, 0) is 56.5 Å². The van der Waals surface area contributed by atoms with Gasteiger partial charge >= 0.3 is 0 Å². The van der Waals surface area contributed by atoms with Gasteiger partial charge in [0.2, 0.25) is 11.8 Å². The normalized spacial score (nSPS) is 12.0. The van der Waals surface area contributed by atoms with Crippen molar-refractivity contribution in [3.8, 4) is 0 Å². The highest BCUT2D eigenvalue weighted by Crippen LogP contribution is 2.27. The summed E-state index contributed by atoms with van der Waals surface area (Å²) in [4.78, 5) is 28.5. The molecule has 202 valence electrons. The minimum Gasteiger partial charge on any atom is -0.354 e. The molecule has 3 aromatic rings. The third kappa shape index (κ3) is 7.22. The highest BCUT2D eigenvalue weighted by Gasteiger charge is 2.32. The summed E-state index contributed by atoms with van der Waals surface area (Å²) in [5.74, 6) is -0.736. The molecule has 2 amide bonds. The quantitative estimate of drug-likeness (QED) is 0.337. The first-order chi connectivity index (χ1) is 18.1. The number of nitrogens with one attached hydrogen (secondary N) is 1. The Hall–Kier alpha value is -3.65. The largest absolute Gasteiger partial charge is 0.354 e. The minimum atomic E-state index is -4.06. The van der Waals surface area contributed by atoms with Crippen molar-refractivity contribution in [3.05, 3.63) is 95.6 Å². The van der Waals surface area contributed by atoms with E-state index in [-0.39, 0.29) is 17.3 Å². The first kappa shape index (κ1) is 28.9. The van der Waals surface area contributed by atoms with Gasteiger partial charge in [-0.15, -0.1) is 0 Å². The highest BCUT2D eigenvalue weighted by molar-refractivity contribution is 7.92. The maximum atomic E-state index is 13.9. The molecule has 0 aliphatic rings. The molecule has 38 heavy (non-hydrogen) atoms. The average Bonchev–Trinajstić information content (AvgIpc) is 2.91. The van der Waals surface area contributed by atoms with E-state index < -0.39 is 28.5 Å². The van der Waals surface area contributed by atoms with Crippen molar-refractivity contribution in [1.82, 2.24) is 10.2 Å². The second kappa shape index (κ2) is 13.2. The Labute approximate surface area is 226 Å². The number of amides is 2. The number of hydrogen-bond acceptors (Lipinski definition) is 4. The van der Waals surface area contributed by atoms with Gasteiger partial charge in [-0.25, -0.2) is 8.42 Å². The Morgan fingerprint density at radius 1 is 0.921 bits per heavy atom. The molecule has 0 heterocycles. The summed E-state index contributed by atoms with van der Waals surface area (Å²) >= 11 is 0. The molecule has 1 N–H and O–H groups in total. The Kier molecular flexibility index (Phi) is 10.1. The zero-order valence-corrected chi connectivity index (χ0v) is 23.4. The minimum absolute atomic E-state index is 0.0895. The van der Waals surface area contributed by atoms with E-state index in [1.807, 2.05) is 57.2 Å². The average molecular weight is 536 g/mol. The monoisotopic (exact) mass is 535 g/mol. The van der Waals surface area contributed by atoms with Crippen LogP contribution in [-0.2, 0) is 26.2 Å². The Balaban J connectivity index is 2.00. The number of rotatable bonds is 12. The predicted molar refractivity (Wildman–Crippen MR) is 151 cm³/mol. The molecule has 0 aliphatic carbocycles. The van der Waals surface area contributed by atoms with Gasteiger partial charge in [0.25, 0.3) is 10.0 Å². The van der Waals surface area contributed by atoms with Crippen molar-refractivity contribution < 1.29 is 18.0 Å². The molecule has 0 bridgehead atoms. The van der Waals surface area contributed by atoms with E-state index in [1.54, 1.807) is 37.3 Å². The summed E-state index contributed by atoms with van der Waals surface area (Å²) in [6.07, 6.45) is 1.77. The fourth-order valence-electron chi connectivity index (χ4n) is 4.20. The third-order valence-electron chi connectivity index (χ3n) is 6.43. The number of sulfonamides is 1. The van der Waals surface area contributed by atoms with Gasteiger partial charge in [0.1, 0.15) is 12.6 Å². The standard InChI is InChI=1S/C30H37N3O4S/c1-5-6-19-31-30(35)25(4)32(21-26-15-12-13-23(2)20-26)29(34)22-33(28-18-11-10-14-24(28)3)38(36,37)27-16-8-7-9-17-27/h7-18,20,25H,5-6,19,21-22H2,1-4H3,(H,31,35). The van der Waals surface area contributed by atoms with Crippen molar-refractivity contribution in [3.63, 3.8) is 0 Å². The number of nitrogens with zero attached hydrogens (tertiary/aromatic N) is 2. The Morgan fingerprint density at radius 3 is 2.26 bits per heavy atom. The van der Waals surface area contributed by atoms with Crippen LogP contribution in [0.5, 0.6) is 0 Å². The van der Waals surface area contributed by atoms with Crippen molar-refractivity contribution in [2.24, 2.45) is 0 Å². The second-order valence-electron chi connectivity index (χ2n) is 9.44. The molecule has 8 heteroatoms. The Bertz CT molecular complexity index is 1340. The van der Waals surface area contributed by atoms with E-state index in [0.29, 0.717) is 12.2 Å². The lowest BCUT2D eigenvalue weighted by atomic mass is 10.1. The number of carbonyl (C=O) groups excluding carboxylic acids is 2. The molecule has 0 aliphatic heterocycles. The first-order valence-electron chi connectivity index (χ1n) is 12.9. The molecule has 7 nitrogen and oxygen atoms in total. The van der Waals surface area contributed by atoms with Crippen LogP contribution in [0.1, 0.15) is 43.4 Å². The van der Waals surface area contributed by atoms with Crippen LogP contribution in [0.3, 0.4) is 0 Å². The lowest BCUT2D eigenvalue weighted by molar-refractivity contribution is -0.139. The van der Waals surface area contributed by atoms with E-state index in [4.69, 9.17) is 0 Å². The fraction of sp³-hybridized carbons (Fsp3) is 0.333. The molecular weight excluding hydrogens is 498 g/mol. The molecule has 0 spiro atoms. The fourth-order valence-corrected chi connectivity index (χ4v) is 5.70. The first-order valence-corrected chi connectivity index (χ1v) is 14.3. The molecule has 0 fully saturated rings. The summed E-state index contributed by atoms with van der Waals surface area (Å²) in [5.41, 5.74) is 3.03. The summed E-state index contributed by atoms with van der Waals surface area (Å²) in [7, 11) is -4.06. The van der Waals surface area contributed by atoms with E-state index in [1.165, 1.54) is 17.0 Å². The van der Waals surface area contributed by atoms with Gasteiger partial charge in [-0.2, -0.15) is 0 Å². The summed E-state index contributed by atoms with van der Waals surface area (Å²) in [6, 6.07) is 22.1. The molecule has 0 radical (unpaired) electrons. The smallest absolute Gasteiger partial charge is 0.264 e. The number of carbonyl (C=O) groups is 2. The predicted octanol–water partition coefficient (Wildman–Crippen LogP) is 4.83. The van der Waals surface area contributed by atoms with Crippen molar-refractivity contribution in [1.29, 1.82) is 0 Å². The highest BCUT2D eigenvalue weighted by atomic mass is 32.2. The van der Waals surface area contributed by atoms with Crippen LogP contribution < -0.4 is 9.62 Å². The van der Waals surface area contributed by atoms with Crippen LogP contribution in [0.2, 0.25) is 0 Å². The van der Waals surface area contributed by atoms with Crippen LogP contribution in [0, 0.1) is 13.8 Å². The SMILES string of the molecule is CCCCNC(=O)C(C)N(Cc1cccc(C)c1)C(=O)CN(c1ccccc1C)S(=O)(=O)c1ccccc1. The molecule has 0 saturated heterocycles. The second-order valence-corrected chi connectivity index (χ2v) is 11.3. The molecule has 0 aromatic heterocycles. The molecule has 0 saturated carbocycles. The zero-order chi connectivity index (χ0) is 27.7. The molecule has 3 aromatic carbocycles. The number of para-hydroxylation sites is 1. The van der Waals surface area contributed by atoms with Crippen molar-refractivity contribution in [2.75, 3.05) is 17.4 Å². The lowest BCUT2D eigenvalue weighted by Crippen LogP contribution is -2.51. The number of aryl methyl sites for hydroxylation is 2. The lowest BCUT2D eigenvalue weighted by Gasteiger charge is -2.32. The van der Waals surface area contributed by atoms with Gasteiger partial charge < -0.3 is 10.2 Å². The van der Waals surface area contributed by atoms with Gasteiger partial charge in [0.05, 0.1) is 10.6 Å². The summed E-state index contributed by atoms with van der Waals surface area (Å²) in [5, 5.41) is 2.90. The van der Waals surface area contributed by atoms with Gasteiger partial charge in [0.15, 0.2) is 0 Å². The van der Waals surface area contributed by atoms with Gasteiger partial charge in [0, 0.05) is 13.1 Å². The van der Waals surface area contributed by atoms with Gasteiger partial charge in [-0.1, -0.05) is 79.6 Å². The van der Waals surface area contributed by atoms with Crippen LogP contribution >= 0.6 is 0 Å². The van der Waals surface area contributed by atoms with E-state index in [0.717, 1.165) is 33.8 Å². The van der Waals surface area contributed by atoms with E-state index >= 15 is 0 Å². The number of unbranched alkanes of at least 4 members (excludes halogenated alkanes) is 1. The van der Waals surface area contributed by atoms with Crippen molar-refractivity contribution >= 4 is 27.5 Å². The molecule has 1 atom stereocenters. The van der Waals surface area contributed by atoms with Crippen LogP contribution in [0.4, 0.5) is 5.69 Å². The molecule has 1 unspecified atom stereocenters. The number of hydrogen-bond donors (Lipinski definition) is 1. The van der Waals surface area contributed by atoms with E-state index in [2.05, 4.69) is 5.32 Å². The summed E-state index contributed by atoms with van der Waals surface area (Å²) in [6.45, 7) is 7.74. The molecule has 3 rings (SSSR count). The van der Waals surface area contributed by atoms with Gasteiger partial charge in [-0.3, -0.25) is 13.9 Å². The number of benzene rings is 3. The molecular formula is C30H37N3O4S. The van der Waals surface area contributed by atoms with Crippen LogP contribution in [0.15, 0.2) is 83.8 Å². The third-order valence-corrected chi connectivity index (χ3v) is 8.20. The number of anilines is 1. The van der Waals surface area contributed by atoms with Crippen LogP contribution in [-0.4, -0.2) is 44.3 Å². The maximum absolute atomic E-state index is 13.9. The topological polar surface area (TPSA) is 86.8 Å². The van der Waals surface area contributed by atoms with Crippen molar-refractivity contribution in [2.45, 2.75) is 58.0 Å². The summed E-state index contributed by atoms with van der Waals surface area (Å²) < 4.78 is 28.7. The zero-order valence-electron chi connectivity index (χ0n) is 22.6. The maximum Gasteiger partial charge on any atom is 0.264 e. The Morgan fingerprint density at radius 2 is 1.61 bits per heavy atom. The van der Waals surface area contributed by atoms with Crippen LogP contribution in [0.25, 0.3) is 0 Å².